The number of rotatable bonds is 11. The molecule has 3 aliphatic rings. The monoisotopic (exact) mass is 834 g/mol. The van der Waals surface area contributed by atoms with Crippen LogP contribution in [0.15, 0.2) is 103 Å². The van der Waals surface area contributed by atoms with E-state index in [1.54, 1.807) is 0 Å². The van der Waals surface area contributed by atoms with Crippen molar-refractivity contribution >= 4 is 28.7 Å². The third kappa shape index (κ3) is 8.34. The lowest BCUT2D eigenvalue weighted by atomic mass is 9.98. The molecule has 2 aromatic heterocycles. The van der Waals surface area contributed by atoms with Crippen LogP contribution in [0.2, 0.25) is 0 Å². The number of amides is 3. The number of nitrogens with zero attached hydrogens (tertiary/aromatic N) is 5. The number of likely N-dealkylation sites (tertiary alicyclic amines) is 2. The molecule has 9 rings (SSSR count). The predicted octanol–water partition coefficient (Wildman–Crippen LogP) is 8.07. The zero-order valence-electron chi connectivity index (χ0n) is 35.6. The SMILES string of the molecule is COC(=O)NC(C(=O)N1CCCC1c1ncc(-c2ccc3cc(-c4ccc(-c5cnc(C6CCCN6C(=O)C(c6ccccc6)N6CCOCC6)[nH]5)cc4)ccc3c2)[nH]1)C(C)C. The maximum Gasteiger partial charge on any atom is 0.407 e. The zero-order valence-corrected chi connectivity index (χ0v) is 35.6. The molecule has 3 fully saturated rings. The molecule has 3 N–H and O–H groups in total. The smallest absolute Gasteiger partial charge is 0.407 e. The summed E-state index contributed by atoms with van der Waals surface area (Å²) >= 11 is 0. The number of carbonyl (C=O) groups is 3. The number of aromatic amines is 2. The molecule has 13 nitrogen and oxygen atoms in total. The first-order valence-corrected chi connectivity index (χ1v) is 21.8. The van der Waals surface area contributed by atoms with Gasteiger partial charge in [0, 0.05) is 31.7 Å². The van der Waals surface area contributed by atoms with E-state index in [0.29, 0.717) is 26.3 Å². The largest absolute Gasteiger partial charge is 0.453 e. The van der Waals surface area contributed by atoms with Gasteiger partial charge in [0.1, 0.15) is 23.7 Å². The van der Waals surface area contributed by atoms with Crippen molar-refractivity contribution in [2.24, 2.45) is 5.92 Å². The van der Waals surface area contributed by atoms with Crippen molar-refractivity contribution in [2.45, 2.75) is 63.7 Å². The van der Waals surface area contributed by atoms with Crippen LogP contribution in [0.5, 0.6) is 0 Å². The van der Waals surface area contributed by atoms with Gasteiger partial charge in [0.05, 0.1) is 56.2 Å². The number of benzene rings is 4. The zero-order chi connectivity index (χ0) is 42.7. The van der Waals surface area contributed by atoms with E-state index in [1.165, 1.54) is 7.11 Å². The van der Waals surface area contributed by atoms with Crippen molar-refractivity contribution in [3.63, 3.8) is 0 Å². The van der Waals surface area contributed by atoms with Gasteiger partial charge in [-0.25, -0.2) is 14.8 Å². The van der Waals surface area contributed by atoms with Crippen molar-refractivity contribution in [3.05, 3.63) is 121 Å². The number of H-pyrrole nitrogens is 2. The molecule has 6 aromatic rings. The minimum absolute atomic E-state index is 0.0995. The van der Waals surface area contributed by atoms with Crippen LogP contribution in [-0.4, -0.2) is 105 Å². The summed E-state index contributed by atoms with van der Waals surface area (Å²) in [6.07, 6.45) is 6.55. The van der Waals surface area contributed by atoms with Crippen LogP contribution in [0.4, 0.5) is 4.79 Å². The minimum atomic E-state index is -0.682. The summed E-state index contributed by atoms with van der Waals surface area (Å²) in [5, 5.41) is 4.94. The van der Waals surface area contributed by atoms with Crippen molar-refractivity contribution in [1.29, 1.82) is 0 Å². The third-order valence-corrected chi connectivity index (χ3v) is 12.7. The number of hydrogen-bond donors (Lipinski definition) is 3. The molecule has 0 aliphatic carbocycles. The van der Waals surface area contributed by atoms with Gasteiger partial charge in [0.2, 0.25) is 11.8 Å². The first-order valence-electron chi connectivity index (χ1n) is 21.8. The Morgan fingerprint density at radius 1 is 0.694 bits per heavy atom. The molecule has 5 heterocycles. The lowest BCUT2D eigenvalue weighted by molar-refractivity contribution is -0.140. The molecule has 4 atom stereocenters. The van der Waals surface area contributed by atoms with E-state index < -0.39 is 12.1 Å². The van der Waals surface area contributed by atoms with Gasteiger partial charge in [0.15, 0.2) is 0 Å². The number of hydrogen-bond acceptors (Lipinski definition) is 8. The van der Waals surface area contributed by atoms with E-state index in [2.05, 4.69) is 93.0 Å². The van der Waals surface area contributed by atoms with Gasteiger partial charge in [-0.15, -0.1) is 0 Å². The van der Waals surface area contributed by atoms with Gasteiger partial charge < -0.3 is 34.6 Å². The van der Waals surface area contributed by atoms with Crippen molar-refractivity contribution in [1.82, 2.24) is 40.0 Å². The number of nitrogens with one attached hydrogen (secondary N) is 3. The summed E-state index contributed by atoms with van der Waals surface area (Å²) in [4.78, 5) is 62.7. The number of morpholine rings is 1. The van der Waals surface area contributed by atoms with Crippen LogP contribution in [0.1, 0.15) is 74.9 Å². The fraction of sp³-hybridized carbons (Fsp3) is 0.367. The Morgan fingerprint density at radius 2 is 1.24 bits per heavy atom. The summed E-state index contributed by atoms with van der Waals surface area (Å²) in [6, 6.07) is 30.2. The Morgan fingerprint density at radius 3 is 1.85 bits per heavy atom. The number of fused-ring (bicyclic) bond motifs is 1. The average molecular weight is 835 g/mol. The van der Waals surface area contributed by atoms with Crippen LogP contribution in [0.25, 0.3) is 44.4 Å². The summed E-state index contributed by atoms with van der Waals surface area (Å²) in [7, 11) is 1.30. The molecule has 62 heavy (non-hydrogen) atoms. The fourth-order valence-electron chi connectivity index (χ4n) is 9.39. The predicted molar refractivity (Wildman–Crippen MR) is 238 cm³/mol. The van der Waals surface area contributed by atoms with Crippen LogP contribution in [0, 0.1) is 5.92 Å². The highest BCUT2D eigenvalue weighted by Gasteiger charge is 2.40. The summed E-state index contributed by atoms with van der Waals surface area (Å²) in [5.74, 6) is 1.46. The number of imidazole rings is 2. The molecule has 0 spiro atoms. The summed E-state index contributed by atoms with van der Waals surface area (Å²) < 4.78 is 10.4. The molecule has 0 bridgehead atoms. The highest BCUT2D eigenvalue weighted by Crippen LogP contribution is 2.37. The standard InChI is InChI=1S/C49H54N8O5/c1-31(2)43(54-49(60)61-3)47(58)56-21-7-11-41(56)45-51-30-40(53-45)38-20-19-36-27-35(17-18-37(36)28-38)32-13-15-33(16-14-32)39-29-50-46(52-39)42-12-8-22-57(42)48(59)44(34-9-5-4-6-10-34)55-23-25-62-26-24-55/h4-6,9-10,13-20,27-31,41-44H,7-8,11-12,21-26H2,1-3H3,(H,50,52)(H,51,53)(H,54,60). The first-order chi connectivity index (χ1) is 30.2. The summed E-state index contributed by atoms with van der Waals surface area (Å²) in [6.45, 7) is 7.85. The van der Waals surface area contributed by atoms with Crippen LogP contribution in [-0.2, 0) is 19.1 Å². The lowest BCUT2D eigenvalue weighted by Gasteiger charge is -2.37. The molecule has 13 heteroatoms. The van der Waals surface area contributed by atoms with Crippen molar-refractivity contribution < 1.29 is 23.9 Å². The van der Waals surface area contributed by atoms with Gasteiger partial charge in [-0.2, -0.15) is 0 Å². The Labute approximate surface area is 361 Å². The second kappa shape index (κ2) is 18.0. The van der Waals surface area contributed by atoms with Crippen molar-refractivity contribution in [2.75, 3.05) is 46.5 Å². The third-order valence-electron chi connectivity index (χ3n) is 12.7. The van der Waals surface area contributed by atoms with E-state index in [-0.39, 0.29) is 35.9 Å². The molecule has 4 unspecified atom stereocenters. The van der Waals surface area contributed by atoms with E-state index in [4.69, 9.17) is 19.4 Å². The van der Waals surface area contributed by atoms with E-state index in [0.717, 1.165) is 100 Å². The van der Waals surface area contributed by atoms with Gasteiger partial charge >= 0.3 is 6.09 Å². The molecule has 0 saturated carbocycles. The van der Waals surface area contributed by atoms with Gasteiger partial charge in [-0.3, -0.25) is 14.5 Å². The second-order valence-corrected chi connectivity index (χ2v) is 16.9. The molecule has 3 aliphatic heterocycles. The molecule has 0 radical (unpaired) electrons. The van der Waals surface area contributed by atoms with Crippen LogP contribution in [0.3, 0.4) is 0 Å². The highest BCUT2D eigenvalue weighted by atomic mass is 16.5. The fourth-order valence-corrected chi connectivity index (χ4v) is 9.39. The average Bonchev–Trinajstić information content (AvgIpc) is 4.16. The number of methoxy groups -OCH3 is 1. The normalized spacial score (nSPS) is 19.2. The van der Waals surface area contributed by atoms with E-state index >= 15 is 0 Å². The topological polar surface area (TPSA) is 149 Å². The quantitative estimate of drug-likeness (QED) is 0.119. The summed E-state index contributed by atoms with van der Waals surface area (Å²) in [5.41, 5.74) is 7.09. The molecular weight excluding hydrogens is 781 g/mol. The number of aromatic nitrogens is 4. The lowest BCUT2D eigenvalue weighted by Crippen LogP contribution is -2.51. The van der Waals surface area contributed by atoms with E-state index in [9.17, 15) is 14.4 Å². The maximum absolute atomic E-state index is 14.4. The Kier molecular flexibility index (Phi) is 11.9. The Bertz CT molecular complexity index is 2530. The van der Waals surface area contributed by atoms with Crippen LogP contribution >= 0.6 is 0 Å². The highest BCUT2D eigenvalue weighted by molar-refractivity contribution is 5.91. The van der Waals surface area contributed by atoms with Gasteiger partial charge in [0.25, 0.3) is 0 Å². The first kappa shape index (κ1) is 41.1. The number of carbonyl (C=O) groups excluding carboxylic acids is 3. The molecule has 3 saturated heterocycles. The minimum Gasteiger partial charge on any atom is -0.453 e. The van der Waals surface area contributed by atoms with Gasteiger partial charge in [-0.1, -0.05) is 92.7 Å². The molecule has 4 aromatic carbocycles. The molecule has 320 valence electrons. The maximum atomic E-state index is 14.4. The van der Waals surface area contributed by atoms with E-state index in [1.807, 2.05) is 54.2 Å². The van der Waals surface area contributed by atoms with Crippen LogP contribution < -0.4 is 5.32 Å². The second-order valence-electron chi connectivity index (χ2n) is 16.9. The van der Waals surface area contributed by atoms with Crippen molar-refractivity contribution in [3.8, 4) is 33.6 Å². The Hall–Kier alpha value is -6.31. The van der Waals surface area contributed by atoms with Gasteiger partial charge in [-0.05, 0) is 76.8 Å². The molecular formula is C49H54N8O5. The number of alkyl carbamates (subject to hydrolysis) is 1. The number of ether oxygens (including phenoxy) is 2. The Balaban J connectivity index is 0.873. The molecule has 3 amide bonds.